The second-order valence-electron chi connectivity index (χ2n) is 5.59. The van der Waals surface area contributed by atoms with E-state index in [2.05, 4.69) is 12.2 Å². The summed E-state index contributed by atoms with van der Waals surface area (Å²) in [4.78, 5) is 12.2. The van der Waals surface area contributed by atoms with Crippen LogP contribution >= 0.6 is 0 Å². The Morgan fingerprint density at radius 2 is 2.14 bits per heavy atom. The number of amides is 1. The molecule has 0 fully saturated rings. The van der Waals surface area contributed by atoms with Crippen molar-refractivity contribution in [3.05, 3.63) is 29.3 Å². The molecule has 1 aliphatic rings. The molecule has 1 N–H and O–H groups in total. The van der Waals surface area contributed by atoms with Gasteiger partial charge in [0.1, 0.15) is 0 Å². The fourth-order valence-corrected chi connectivity index (χ4v) is 3.63. The van der Waals surface area contributed by atoms with Crippen LogP contribution in [0.25, 0.3) is 0 Å². The number of hydrogen-bond donors (Lipinski definition) is 1. The molecule has 1 heterocycles. The SMILES string of the molecule is CCC[C@@H](C)NC(=O)c1ccc2c(c1)CCN2S(C)(=O)=O. The third kappa shape index (κ3) is 3.56. The third-order valence-electron chi connectivity index (χ3n) is 3.69. The molecule has 1 amide bonds. The smallest absolute Gasteiger partial charge is 0.251 e. The van der Waals surface area contributed by atoms with Crippen LogP contribution in [0.2, 0.25) is 0 Å². The number of carbonyl (C=O) groups excluding carboxylic acids is 1. The van der Waals surface area contributed by atoms with Gasteiger partial charge >= 0.3 is 0 Å². The summed E-state index contributed by atoms with van der Waals surface area (Å²) in [5.41, 5.74) is 2.19. The van der Waals surface area contributed by atoms with Crippen LogP contribution < -0.4 is 9.62 Å². The van der Waals surface area contributed by atoms with Gasteiger partial charge in [0.2, 0.25) is 10.0 Å². The first-order valence-corrected chi connectivity index (χ1v) is 9.09. The first-order chi connectivity index (χ1) is 9.82. The molecule has 0 unspecified atom stereocenters. The van der Waals surface area contributed by atoms with Crippen molar-refractivity contribution < 1.29 is 13.2 Å². The summed E-state index contributed by atoms with van der Waals surface area (Å²) in [5.74, 6) is -0.100. The molecule has 0 saturated carbocycles. The molecule has 0 aromatic heterocycles. The molecule has 21 heavy (non-hydrogen) atoms. The zero-order chi connectivity index (χ0) is 15.6. The number of sulfonamides is 1. The average molecular weight is 310 g/mol. The van der Waals surface area contributed by atoms with E-state index in [-0.39, 0.29) is 11.9 Å². The van der Waals surface area contributed by atoms with E-state index in [0.29, 0.717) is 24.2 Å². The van der Waals surface area contributed by atoms with Crippen molar-refractivity contribution in [1.29, 1.82) is 0 Å². The van der Waals surface area contributed by atoms with Crippen LogP contribution in [0.5, 0.6) is 0 Å². The van der Waals surface area contributed by atoms with E-state index in [9.17, 15) is 13.2 Å². The van der Waals surface area contributed by atoms with Crippen molar-refractivity contribution in [3.63, 3.8) is 0 Å². The van der Waals surface area contributed by atoms with Gasteiger partial charge in [0.25, 0.3) is 5.91 Å². The lowest BCUT2D eigenvalue weighted by Crippen LogP contribution is -2.32. The van der Waals surface area contributed by atoms with Gasteiger partial charge in [-0.15, -0.1) is 0 Å². The lowest BCUT2D eigenvalue weighted by Gasteiger charge is -2.17. The summed E-state index contributed by atoms with van der Waals surface area (Å²) in [6, 6.07) is 5.36. The quantitative estimate of drug-likeness (QED) is 0.903. The second kappa shape index (κ2) is 6.05. The Balaban J connectivity index is 2.18. The predicted octanol–water partition coefficient (Wildman–Crippen LogP) is 1.93. The van der Waals surface area contributed by atoms with Crippen LogP contribution in [0.3, 0.4) is 0 Å². The molecular formula is C15H22N2O3S. The number of fused-ring (bicyclic) bond motifs is 1. The number of carbonyl (C=O) groups is 1. The lowest BCUT2D eigenvalue weighted by atomic mass is 10.1. The maximum Gasteiger partial charge on any atom is 0.251 e. The van der Waals surface area contributed by atoms with Gasteiger partial charge in [-0.25, -0.2) is 8.42 Å². The van der Waals surface area contributed by atoms with E-state index >= 15 is 0 Å². The normalized spacial score (nSPS) is 15.7. The number of nitrogens with one attached hydrogen (secondary N) is 1. The van der Waals surface area contributed by atoms with Crippen LogP contribution in [0, 0.1) is 0 Å². The second-order valence-corrected chi connectivity index (χ2v) is 7.50. The summed E-state index contributed by atoms with van der Waals surface area (Å²) in [6.07, 6.45) is 3.82. The molecular weight excluding hydrogens is 288 g/mol. The van der Waals surface area contributed by atoms with Crippen LogP contribution in [-0.4, -0.2) is 33.2 Å². The van der Waals surface area contributed by atoms with Crippen molar-refractivity contribution in [2.75, 3.05) is 17.1 Å². The summed E-state index contributed by atoms with van der Waals surface area (Å²) in [7, 11) is -3.24. The number of benzene rings is 1. The number of anilines is 1. The van der Waals surface area contributed by atoms with E-state index in [0.717, 1.165) is 18.4 Å². The van der Waals surface area contributed by atoms with Gasteiger partial charge in [-0.05, 0) is 43.5 Å². The van der Waals surface area contributed by atoms with Crippen molar-refractivity contribution in [2.24, 2.45) is 0 Å². The first-order valence-electron chi connectivity index (χ1n) is 7.24. The third-order valence-corrected chi connectivity index (χ3v) is 4.87. The first kappa shape index (κ1) is 15.8. The van der Waals surface area contributed by atoms with Crippen molar-refractivity contribution >= 4 is 21.6 Å². The Hall–Kier alpha value is -1.56. The van der Waals surface area contributed by atoms with Crippen molar-refractivity contribution in [1.82, 2.24) is 5.32 Å². The molecule has 0 saturated heterocycles. The van der Waals surface area contributed by atoms with Crippen LogP contribution in [0.15, 0.2) is 18.2 Å². The molecule has 1 aromatic rings. The largest absolute Gasteiger partial charge is 0.350 e. The molecule has 0 aliphatic carbocycles. The molecule has 116 valence electrons. The van der Waals surface area contributed by atoms with E-state index in [4.69, 9.17) is 0 Å². The van der Waals surface area contributed by atoms with E-state index in [1.165, 1.54) is 10.6 Å². The minimum absolute atomic E-state index is 0.100. The Kier molecular flexibility index (Phi) is 4.56. The van der Waals surface area contributed by atoms with Gasteiger partial charge in [-0.3, -0.25) is 9.10 Å². The fourth-order valence-electron chi connectivity index (χ4n) is 2.67. The fraction of sp³-hybridized carbons (Fsp3) is 0.533. The molecule has 1 atom stereocenters. The van der Waals surface area contributed by atoms with Crippen molar-refractivity contribution in [2.45, 2.75) is 39.2 Å². The minimum Gasteiger partial charge on any atom is -0.350 e. The summed E-state index contributed by atoms with van der Waals surface area (Å²) in [5, 5.41) is 2.96. The van der Waals surface area contributed by atoms with Gasteiger partial charge in [0, 0.05) is 18.2 Å². The molecule has 0 bridgehead atoms. The molecule has 6 heteroatoms. The van der Waals surface area contributed by atoms with Gasteiger partial charge in [0.15, 0.2) is 0 Å². The molecule has 0 spiro atoms. The standard InChI is InChI=1S/C15H22N2O3S/c1-4-5-11(2)16-15(18)13-6-7-14-12(10-13)8-9-17(14)21(3,19)20/h6-7,10-11H,4-5,8-9H2,1-3H3,(H,16,18)/t11-/m1/s1. The topological polar surface area (TPSA) is 66.5 Å². The van der Waals surface area contributed by atoms with Gasteiger partial charge in [0.05, 0.1) is 11.9 Å². The minimum atomic E-state index is -3.24. The van der Waals surface area contributed by atoms with E-state index < -0.39 is 10.0 Å². The monoisotopic (exact) mass is 310 g/mol. The zero-order valence-corrected chi connectivity index (χ0v) is 13.5. The lowest BCUT2D eigenvalue weighted by molar-refractivity contribution is 0.0938. The highest BCUT2D eigenvalue weighted by atomic mass is 32.2. The molecule has 2 rings (SSSR count). The summed E-state index contributed by atoms with van der Waals surface area (Å²) in [6.45, 7) is 4.52. The molecule has 1 aromatic carbocycles. The maximum atomic E-state index is 12.2. The van der Waals surface area contributed by atoms with Gasteiger partial charge < -0.3 is 5.32 Å². The maximum absolute atomic E-state index is 12.2. The van der Waals surface area contributed by atoms with Crippen molar-refractivity contribution in [3.8, 4) is 0 Å². The Labute approximate surface area is 126 Å². The van der Waals surface area contributed by atoms with Gasteiger partial charge in [-0.1, -0.05) is 13.3 Å². The highest BCUT2D eigenvalue weighted by Crippen LogP contribution is 2.30. The Morgan fingerprint density at radius 3 is 2.76 bits per heavy atom. The summed E-state index contributed by atoms with van der Waals surface area (Å²) < 4.78 is 24.8. The average Bonchev–Trinajstić information content (AvgIpc) is 2.81. The van der Waals surface area contributed by atoms with Crippen LogP contribution in [0.4, 0.5) is 5.69 Å². The predicted molar refractivity (Wildman–Crippen MR) is 84.2 cm³/mol. The van der Waals surface area contributed by atoms with Gasteiger partial charge in [-0.2, -0.15) is 0 Å². The Bertz CT molecular complexity index is 640. The zero-order valence-electron chi connectivity index (χ0n) is 12.7. The number of nitrogens with zero attached hydrogens (tertiary/aromatic N) is 1. The van der Waals surface area contributed by atoms with Crippen LogP contribution in [-0.2, 0) is 16.4 Å². The van der Waals surface area contributed by atoms with E-state index in [1.807, 2.05) is 6.92 Å². The molecule has 1 aliphatic heterocycles. The summed E-state index contributed by atoms with van der Waals surface area (Å²) >= 11 is 0. The van der Waals surface area contributed by atoms with E-state index in [1.54, 1.807) is 18.2 Å². The molecule has 0 radical (unpaired) electrons. The number of hydrogen-bond acceptors (Lipinski definition) is 3. The Morgan fingerprint density at radius 1 is 1.43 bits per heavy atom. The molecule has 5 nitrogen and oxygen atoms in total. The number of rotatable bonds is 5. The highest BCUT2D eigenvalue weighted by Gasteiger charge is 2.26. The van der Waals surface area contributed by atoms with Crippen LogP contribution in [0.1, 0.15) is 42.6 Å². The highest BCUT2D eigenvalue weighted by molar-refractivity contribution is 7.92.